The Hall–Kier alpha value is -1.55. The van der Waals surface area contributed by atoms with Gasteiger partial charge < -0.3 is 14.6 Å². The third-order valence-electron chi connectivity index (χ3n) is 2.41. The van der Waals surface area contributed by atoms with Gasteiger partial charge in [0.15, 0.2) is 0 Å². The predicted octanol–water partition coefficient (Wildman–Crippen LogP) is 1.26. The molecule has 0 aliphatic rings. The summed E-state index contributed by atoms with van der Waals surface area (Å²) in [6, 6.07) is 4.05. The average Bonchev–Trinajstić information content (AvgIpc) is 2.68. The molecule has 1 N–H and O–H groups in total. The number of methoxy groups -OCH3 is 1. The molecule has 0 aliphatic carbocycles. The van der Waals surface area contributed by atoms with E-state index >= 15 is 0 Å². The van der Waals surface area contributed by atoms with Crippen LogP contribution < -0.4 is 10.1 Å². The molecular weight excluding hydrogens is 190 g/mol. The van der Waals surface area contributed by atoms with E-state index in [1.54, 1.807) is 13.3 Å². The minimum absolute atomic E-state index is 0.800. The third-order valence-corrected chi connectivity index (χ3v) is 2.41. The van der Waals surface area contributed by atoms with Gasteiger partial charge in [-0.1, -0.05) is 0 Å². The number of ether oxygens (including phenoxy) is 1. The van der Waals surface area contributed by atoms with Crippen molar-refractivity contribution in [3.05, 3.63) is 24.5 Å². The van der Waals surface area contributed by atoms with Gasteiger partial charge in [-0.3, -0.25) is 0 Å². The first-order valence-electron chi connectivity index (χ1n) is 4.98. The van der Waals surface area contributed by atoms with Crippen LogP contribution in [0.25, 0.3) is 11.0 Å². The molecule has 2 rings (SSSR count). The maximum absolute atomic E-state index is 5.13. The van der Waals surface area contributed by atoms with E-state index in [1.165, 1.54) is 0 Å². The molecule has 0 saturated heterocycles. The number of hydrogen-bond acceptors (Lipinski definition) is 3. The molecule has 0 saturated carbocycles. The van der Waals surface area contributed by atoms with Gasteiger partial charge in [0.2, 0.25) is 0 Å². The maximum Gasteiger partial charge on any atom is 0.140 e. The molecule has 0 radical (unpaired) electrons. The lowest BCUT2D eigenvalue weighted by atomic mass is 10.3. The number of nitrogens with one attached hydrogen (secondary N) is 1. The quantitative estimate of drug-likeness (QED) is 0.816. The highest BCUT2D eigenvalue weighted by Crippen LogP contribution is 2.18. The van der Waals surface area contributed by atoms with Gasteiger partial charge in [-0.15, -0.1) is 0 Å². The van der Waals surface area contributed by atoms with Crippen LogP contribution in [0.4, 0.5) is 0 Å². The first-order valence-corrected chi connectivity index (χ1v) is 4.98. The van der Waals surface area contributed by atoms with Crippen LogP contribution in [0.2, 0.25) is 0 Å². The molecule has 0 fully saturated rings. The van der Waals surface area contributed by atoms with Gasteiger partial charge in [-0.2, -0.15) is 0 Å². The van der Waals surface area contributed by atoms with E-state index < -0.39 is 0 Å². The lowest BCUT2D eigenvalue weighted by Gasteiger charge is -2.04. The highest BCUT2D eigenvalue weighted by Gasteiger charge is 2.02. The Morgan fingerprint density at radius 2 is 2.40 bits per heavy atom. The summed E-state index contributed by atoms with van der Waals surface area (Å²) < 4.78 is 7.26. The predicted molar refractivity (Wildman–Crippen MR) is 60.2 cm³/mol. The second kappa shape index (κ2) is 4.31. The largest absolute Gasteiger partial charge is 0.495 e. The zero-order valence-corrected chi connectivity index (χ0v) is 9.03. The zero-order valence-electron chi connectivity index (χ0n) is 9.03. The molecular formula is C11H15N3O. The van der Waals surface area contributed by atoms with Crippen LogP contribution in [-0.2, 0) is 6.54 Å². The van der Waals surface area contributed by atoms with Gasteiger partial charge in [-0.05, 0) is 19.2 Å². The van der Waals surface area contributed by atoms with Crippen molar-refractivity contribution in [1.82, 2.24) is 14.9 Å². The maximum atomic E-state index is 5.13. The van der Waals surface area contributed by atoms with Crippen molar-refractivity contribution in [3.63, 3.8) is 0 Å². The Morgan fingerprint density at radius 1 is 1.53 bits per heavy atom. The topological polar surface area (TPSA) is 39.1 Å². The number of fused-ring (bicyclic) bond motifs is 1. The fourth-order valence-electron chi connectivity index (χ4n) is 1.58. The Morgan fingerprint density at radius 3 is 3.13 bits per heavy atom. The van der Waals surface area contributed by atoms with Crippen LogP contribution in [0.15, 0.2) is 24.5 Å². The van der Waals surface area contributed by atoms with Crippen LogP contribution in [0.1, 0.15) is 0 Å². The molecule has 4 heteroatoms. The van der Waals surface area contributed by atoms with Gasteiger partial charge in [0.25, 0.3) is 0 Å². The third kappa shape index (κ3) is 1.94. The van der Waals surface area contributed by atoms with Crippen LogP contribution in [0.5, 0.6) is 5.75 Å². The van der Waals surface area contributed by atoms with Crippen molar-refractivity contribution >= 4 is 11.0 Å². The number of aromatic nitrogens is 2. The minimum atomic E-state index is 0.800. The van der Waals surface area contributed by atoms with Crippen LogP contribution in [0.3, 0.4) is 0 Å². The number of rotatable bonds is 4. The van der Waals surface area contributed by atoms with E-state index in [0.29, 0.717) is 0 Å². The zero-order chi connectivity index (χ0) is 10.7. The number of nitrogens with zero attached hydrogens (tertiary/aromatic N) is 2. The smallest absolute Gasteiger partial charge is 0.140 e. The lowest BCUT2D eigenvalue weighted by molar-refractivity contribution is 0.413. The summed E-state index contributed by atoms with van der Waals surface area (Å²) in [6.07, 6.45) is 3.80. The van der Waals surface area contributed by atoms with E-state index in [0.717, 1.165) is 29.9 Å². The Labute approximate surface area is 88.9 Å². The van der Waals surface area contributed by atoms with E-state index in [4.69, 9.17) is 4.74 Å². The molecule has 2 heterocycles. The van der Waals surface area contributed by atoms with Crippen molar-refractivity contribution < 1.29 is 4.74 Å². The fraction of sp³-hybridized carbons (Fsp3) is 0.364. The normalized spacial score (nSPS) is 10.8. The summed E-state index contributed by atoms with van der Waals surface area (Å²) in [5.41, 5.74) is 1.01. The molecule has 2 aromatic rings. The number of pyridine rings is 1. The molecule has 15 heavy (non-hydrogen) atoms. The summed E-state index contributed by atoms with van der Waals surface area (Å²) in [7, 11) is 3.60. The molecule has 4 nitrogen and oxygen atoms in total. The van der Waals surface area contributed by atoms with Gasteiger partial charge >= 0.3 is 0 Å². The van der Waals surface area contributed by atoms with Gasteiger partial charge in [0, 0.05) is 24.7 Å². The Balaban J connectivity index is 2.34. The highest BCUT2D eigenvalue weighted by molar-refractivity contribution is 5.77. The monoisotopic (exact) mass is 205 g/mol. The standard InChI is InChI=1S/C11H15N3O/c1-12-4-6-14-5-3-9-7-10(15-2)8-13-11(9)14/h3,5,7-8,12H,4,6H2,1-2H3. The first-order chi connectivity index (χ1) is 7.35. The Bertz CT molecular complexity index is 450. The van der Waals surface area contributed by atoms with Crippen LogP contribution in [0, 0.1) is 0 Å². The molecule has 0 amide bonds. The first kappa shape index (κ1) is 9.98. The van der Waals surface area contributed by atoms with Crippen molar-refractivity contribution in [2.75, 3.05) is 20.7 Å². The van der Waals surface area contributed by atoms with Gasteiger partial charge in [-0.25, -0.2) is 4.98 Å². The molecule has 0 spiro atoms. The molecule has 0 bridgehead atoms. The van der Waals surface area contributed by atoms with E-state index in [9.17, 15) is 0 Å². The van der Waals surface area contributed by atoms with Crippen molar-refractivity contribution in [2.45, 2.75) is 6.54 Å². The molecule has 0 aliphatic heterocycles. The highest BCUT2D eigenvalue weighted by atomic mass is 16.5. The summed E-state index contributed by atoms with van der Waals surface area (Å²) in [6.45, 7) is 1.87. The minimum Gasteiger partial charge on any atom is -0.495 e. The molecule has 80 valence electrons. The molecule has 0 atom stereocenters. The molecule has 2 aromatic heterocycles. The van der Waals surface area contributed by atoms with Crippen molar-refractivity contribution in [2.24, 2.45) is 0 Å². The van der Waals surface area contributed by atoms with Crippen molar-refractivity contribution in [1.29, 1.82) is 0 Å². The van der Waals surface area contributed by atoms with Crippen LogP contribution in [-0.4, -0.2) is 30.3 Å². The second-order valence-electron chi connectivity index (χ2n) is 3.40. The second-order valence-corrected chi connectivity index (χ2v) is 3.40. The SMILES string of the molecule is CNCCn1ccc2cc(OC)cnc21. The van der Waals surface area contributed by atoms with Gasteiger partial charge in [0.1, 0.15) is 11.4 Å². The Kier molecular flexibility index (Phi) is 2.87. The van der Waals surface area contributed by atoms with Gasteiger partial charge in [0.05, 0.1) is 13.3 Å². The summed E-state index contributed by atoms with van der Waals surface area (Å²) in [5, 5.41) is 4.24. The van der Waals surface area contributed by atoms with Crippen LogP contribution >= 0.6 is 0 Å². The average molecular weight is 205 g/mol. The lowest BCUT2D eigenvalue weighted by Crippen LogP contribution is -2.14. The van der Waals surface area contributed by atoms with E-state index in [1.807, 2.05) is 13.1 Å². The summed E-state index contributed by atoms with van der Waals surface area (Å²) in [4.78, 5) is 4.38. The summed E-state index contributed by atoms with van der Waals surface area (Å²) in [5.74, 6) is 0.800. The number of hydrogen-bond donors (Lipinski definition) is 1. The number of likely N-dealkylation sites (N-methyl/N-ethyl adjacent to an activating group) is 1. The molecule has 0 unspecified atom stereocenters. The van der Waals surface area contributed by atoms with Crippen molar-refractivity contribution in [3.8, 4) is 5.75 Å². The van der Waals surface area contributed by atoms with E-state index in [2.05, 4.69) is 27.1 Å². The van der Waals surface area contributed by atoms with E-state index in [-0.39, 0.29) is 0 Å². The molecule has 0 aromatic carbocycles. The summed E-state index contributed by atoms with van der Waals surface area (Å²) >= 11 is 0. The fourth-order valence-corrected chi connectivity index (χ4v) is 1.58.